The van der Waals surface area contributed by atoms with Gasteiger partial charge in [-0.15, -0.1) is 0 Å². The van der Waals surface area contributed by atoms with Gasteiger partial charge in [0.05, 0.1) is 42.6 Å². The summed E-state index contributed by atoms with van der Waals surface area (Å²) < 4.78 is 109. The normalized spacial score (nSPS) is 20.8. The zero-order valence-corrected chi connectivity index (χ0v) is 43.7. The number of anilines is 2. The third-order valence-electron chi connectivity index (χ3n) is 14.1. The van der Waals surface area contributed by atoms with Gasteiger partial charge in [-0.1, -0.05) is 23.3 Å². The number of hydrogen-bond acceptors (Lipinski definition) is 11. The number of ether oxygens (including phenoxy) is 4. The second kappa shape index (κ2) is 22.9. The Morgan fingerprint density at radius 2 is 1.09 bits per heavy atom. The summed E-state index contributed by atoms with van der Waals surface area (Å²) in [6.45, 7) is 15.6. The number of aryl methyl sites for hydroxylation is 2. The maximum atomic E-state index is 13.5. The molecule has 4 saturated heterocycles. The van der Waals surface area contributed by atoms with Gasteiger partial charge in [0.15, 0.2) is 0 Å². The molecule has 74 heavy (non-hydrogen) atoms. The fraction of sp³-hybridized carbons (Fsp3) is 0.481. The molecule has 0 spiro atoms. The summed E-state index contributed by atoms with van der Waals surface area (Å²) in [6.07, 6.45) is -3.12. The van der Waals surface area contributed by atoms with E-state index in [1.807, 2.05) is 18.2 Å². The second-order valence-electron chi connectivity index (χ2n) is 19.2. The van der Waals surface area contributed by atoms with Crippen molar-refractivity contribution >= 4 is 39.8 Å². The van der Waals surface area contributed by atoms with Crippen LogP contribution >= 0.6 is 15.9 Å². The van der Waals surface area contributed by atoms with Crippen LogP contribution < -0.4 is 9.80 Å². The van der Waals surface area contributed by atoms with Gasteiger partial charge in [0, 0.05) is 85.2 Å². The number of cyclic esters (lactones) is 2. The molecule has 0 aliphatic carbocycles. The monoisotopic (exact) mass is 1100 g/mol. The van der Waals surface area contributed by atoms with E-state index in [2.05, 4.69) is 44.6 Å². The molecule has 4 atom stereocenters. The van der Waals surface area contributed by atoms with E-state index < -0.39 is 60.0 Å². The van der Waals surface area contributed by atoms with Gasteiger partial charge in [0.2, 0.25) is 0 Å². The van der Waals surface area contributed by atoms with E-state index in [0.29, 0.717) is 54.4 Å². The second-order valence-corrected chi connectivity index (χ2v) is 20.1. The molecule has 4 aliphatic rings. The lowest BCUT2D eigenvalue weighted by atomic mass is 9.98. The topological polar surface area (TPSA) is 123 Å². The molecule has 4 aliphatic heterocycles. The first-order valence-corrected chi connectivity index (χ1v) is 25.7. The molecule has 2 aromatic carbocycles. The largest absolute Gasteiger partial charge is 0.464 e. The fourth-order valence-corrected chi connectivity index (χ4v) is 10.8. The van der Waals surface area contributed by atoms with Crippen molar-refractivity contribution in [3.05, 3.63) is 128 Å². The van der Waals surface area contributed by atoms with Crippen LogP contribution in [0.25, 0.3) is 11.3 Å². The maximum Gasteiger partial charge on any atom is 0.416 e. The van der Waals surface area contributed by atoms with Crippen LogP contribution in [0, 0.1) is 13.8 Å². The maximum absolute atomic E-state index is 13.5. The molecular weight excluding hydrogens is 1040 g/mol. The number of pyridine rings is 2. The SMILES string of the molecule is CCN(c1ncc(-c2ccco2)cc1CN1C(=O)O[C@H](c2cc(C)cc(C(F)(F)F)c2)[C@@H]1C)C1CCOCC1.CCN(c1ncc(Br)cc1CN1C(=O)O[C@H](c2cc(C)cc(C(F)(F)F)c2)[C@@H]1C)C1CCOCC1. The fourth-order valence-electron chi connectivity index (χ4n) is 10.4. The lowest BCUT2D eigenvalue weighted by Crippen LogP contribution is -2.41. The highest BCUT2D eigenvalue weighted by Crippen LogP contribution is 2.41. The molecular formula is C54H61BrF6N6O7. The average Bonchev–Trinajstić information content (AvgIpc) is 4.08. The van der Waals surface area contributed by atoms with Gasteiger partial charge in [0.25, 0.3) is 0 Å². The molecule has 2 amide bonds. The van der Waals surface area contributed by atoms with Crippen LogP contribution in [0.5, 0.6) is 0 Å². The van der Waals surface area contributed by atoms with E-state index in [9.17, 15) is 35.9 Å². The third kappa shape index (κ3) is 12.3. The molecule has 3 aromatic heterocycles. The zero-order valence-electron chi connectivity index (χ0n) is 42.1. The zero-order chi connectivity index (χ0) is 53.1. The van der Waals surface area contributed by atoms with Gasteiger partial charge in [-0.25, -0.2) is 19.6 Å². The summed E-state index contributed by atoms with van der Waals surface area (Å²) in [5.74, 6) is 2.21. The Balaban J connectivity index is 0.000000198. The van der Waals surface area contributed by atoms with Crippen molar-refractivity contribution in [2.75, 3.05) is 49.3 Å². The van der Waals surface area contributed by atoms with E-state index in [-0.39, 0.29) is 25.2 Å². The number of benzene rings is 2. The third-order valence-corrected chi connectivity index (χ3v) is 14.6. The van der Waals surface area contributed by atoms with Crippen molar-refractivity contribution in [1.82, 2.24) is 19.8 Å². The lowest BCUT2D eigenvalue weighted by Gasteiger charge is -2.36. The molecule has 0 N–H and O–H groups in total. The van der Waals surface area contributed by atoms with E-state index in [4.69, 9.17) is 28.3 Å². The molecule has 0 saturated carbocycles. The number of halogens is 7. The number of carbonyl (C=O) groups excluding carboxylic acids is 2. The van der Waals surface area contributed by atoms with Crippen molar-refractivity contribution < 1.29 is 59.3 Å². The van der Waals surface area contributed by atoms with Crippen LogP contribution in [-0.2, 0) is 44.4 Å². The minimum Gasteiger partial charge on any atom is -0.464 e. The van der Waals surface area contributed by atoms with Crippen LogP contribution in [0.2, 0.25) is 0 Å². The quantitative estimate of drug-likeness (QED) is 0.105. The number of aromatic nitrogens is 2. The molecule has 0 radical (unpaired) electrons. The summed E-state index contributed by atoms with van der Waals surface area (Å²) in [6, 6.07) is 14.7. The summed E-state index contributed by atoms with van der Waals surface area (Å²) in [7, 11) is 0. The van der Waals surface area contributed by atoms with Crippen molar-refractivity contribution in [3.8, 4) is 11.3 Å². The van der Waals surface area contributed by atoms with Crippen LogP contribution in [0.4, 0.5) is 47.6 Å². The summed E-state index contributed by atoms with van der Waals surface area (Å²) in [5.41, 5.74) is 2.50. The highest BCUT2D eigenvalue weighted by Gasteiger charge is 2.44. The lowest BCUT2D eigenvalue weighted by molar-refractivity contribution is -0.138. The Hall–Kier alpha value is -5.86. The van der Waals surface area contributed by atoms with Crippen LogP contribution in [-0.4, -0.2) is 95.6 Å². The minimum atomic E-state index is -4.49. The first-order chi connectivity index (χ1) is 35.2. The highest BCUT2D eigenvalue weighted by atomic mass is 79.9. The van der Waals surface area contributed by atoms with Gasteiger partial charge in [-0.05, 0) is 143 Å². The molecule has 20 heteroatoms. The van der Waals surface area contributed by atoms with E-state index in [1.165, 1.54) is 0 Å². The molecule has 398 valence electrons. The number of rotatable bonds is 13. The number of furan rings is 1. The molecule has 7 heterocycles. The van der Waals surface area contributed by atoms with E-state index in [1.54, 1.807) is 74.4 Å². The Bertz CT molecular complexity index is 2750. The Kier molecular flexibility index (Phi) is 16.9. The average molecular weight is 1100 g/mol. The standard InChI is InChI=1S/C29H32F3N3O4.C25H29BrF3N3O3/c1-4-34(24-7-10-37-11-8-24)27-22(14-21(16-33-27)25-6-5-9-38-25)17-35-19(3)26(39-28(35)36)20-12-18(2)13-23(15-20)29(30,31)32;1-4-31(21-5-7-34-8-6-21)23-18(12-20(26)13-30-23)14-32-16(3)22(35-24(32)33)17-9-15(2)10-19(11-17)25(27,28)29/h5-6,9,12-16,19,24,26H,4,7-8,10-11,17H2,1-3H3;9-13,16,21-22H,4-8,14H2,1-3H3/t19-,26-;16-,22-/m00/s1. The Morgan fingerprint density at radius 3 is 1.51 bits per heavy atom. The first-order valence-electron chi connectivity index (χ1n) is 24.9. The number of amides is 2. The number of alkyl halides is 6. The smallest absolute Gasteiger partial charge is 0.416 e. The van der Waals surface area contributed by atoms with Crippen molar-refractivity contribution in [1.29, 1.82) is 0 Å². The van der Waals surface area contributed by atoms with E-state index in [0.717, 1.165) is 95.8 Å². The summed E-state index contributed by atoms with van der Waals surface area (Å²) >= 11 is 3.48. The molecule has 0 bridgehead atoms. The van der Waals surface area contributed by atoms with E-state index >= 15 is 0 Å². The Labute approximate surface area is 435 Å². The van der Waals surface area contributed by atoms with Crippen molar-refractivity contribution in [2.24, 2.45) is 0 Å². The van der Waals surface area contributed by atoms with Crippen LogP contribution in [0.15, 0.2) is 88.2 Å². The van der Waals surface area contributed by atoms with Gasteiger partial charge in [0.1, 0.15) is 29.6 Å². The molecule has 9 rings (SSSR count). The van der Waals surface area contributed by atoms with Crippen LogP contribution in [0.3, 0.4) is 0 Å². The van der Waals surface area contributed by atoms with Crippen molar-refractivity contribution in [2.45, 2.75) is 129 Å². The number of carbonyl (C=O) groups is 2. The molecule has 5 aromatic rings. The predicted molar refractivity (Wildman–Crippen MR) is 268 cm³/mol. The van der Waals surface area contributed by atoms with Gasteiger partial charge < -0.3 is 33.2 Å². The number of nitrogens with zero attached hydrogens (tertiary/aromatic N) is 6. The van der Waals surface area contributed by atoms with Crippen molar-refractivity contribution in [3.63, 3.8) is 0 Å². The summed E-state index contributed by atoms with van der Waals surface area (Å²) in [4.78, 5) is 43.1. The van der Waals surface area contributed by atoms with Gasteiger partial charge in [-0.2, -0.15) is 26.3 Å². The first kappa shape index (κ1) is 54.4. The summed E-state index contributed by atoms with van der Waals surface area (Å²) in [5, 5.41) is 0. The molecule has 0 unspecified atom stereocenters. The number of hydrogen-bond donors (Lipinski definition) is 0. The minimum absolute atomic E-state index is 0.186. The molecule has 4 fully saturated rings. The van der Waals surface area contributed by atoms with Crippen LogP contribution in [0.1, 0.15) is 110 Å². The van der Waals surface area contributed by atoms with Gasteiger partial charge >= 0.3 is 24.5 Å². The Morgan fingerprint density at radius 1 is 0.649 bits per heavy atom. The molecule has 13 nitrogen and oxygen atoms in total. The predicted octanol–water partition coefficient (Wildman–Crippen LogP) is 13.0. The highest BCUT2D eigenvalue weighted by molar-refractivity contribution is 9.10. The van der Waals surface area contributed by atoms with Gasteiger partial charge in [-0.3, -0.25) is 9.80 Å².